The van der Waals surface area contributed by atoms with E-state index in [-0.39, 0.29) is 11.1 Å². The fourth-order valence-corrected chi connectivity index (χ4v) is 3.87. The van der Waals surface area contributed by atoms with Crippen LogP contribution in [0.5, 0.6) is 0 Å². The summed E-state index contributed by atoms with van der Waals surface area (Å²) in [5.41, 5.74) is 0.596. The molecule has 1 atom stereocenters. The first kappa shape index (κ1) is 15.3. The van der Waals surface area contributed by atoms with Crippen LogP contribution >= 0.6 is 50.5 Å². The second kappa shape index (κ2) is 6.55. The lowest BCUT2D eigenvalue weighted by atomic mass is 10.1. The van der Waals surface area contributed by atoms with Crippen LogP contribution in [-0.2, 0) is 6.54 Å². The fraction of sp³-hybridized carbons (Fsp3) is 0.231. The molecule has 0 amide bonds. The van der Waals surface area contributed by atoms with Gasteiger partial charge in [-0.05, 0) is 47.1 Å². The average Bonchev–Trinajstić information content (AvgIpc) is 2.78. The number of nitrogens with one attached hydrogen (secondary N) is 1. The minimum atomic E-state index is -0.450. The Morgan fingerprint density at radius 3 is 2.68 bits per heavy atom. The molecule has 1 aromatic carbocycles. The second-order valence-electron chi connectivity index (χ2n) is 4.07. The Morgan fingerprint density at radius 2 is 2.05 bits per heavy atom. The maximum absolute atomic E-state index is 13.5. The minimum absolute atomic E-state index is 0.0832. The van der Waals surface area contributed by atoms with Crippen LogP contribution in [0.4, 0.5) is 4.39 Å². The summed E-state index contributed by atoms with van der Waals surface area (Å²) in [7, 11) is 0. The fourth-order valence-electron chi connectivity index (χ4n) is 1.74. The van der Waals surface area contributed by atoms with Gasteiger partial charge in [0.2, 0.25) is 0 Å². The van der Waals surface area contributed by atoms with Crippen LogP contribution in [0, 0.1) is 5.82 Å². The summed E-state index contributed by atoms with van der Waals surface area (Å²) in [6, 6.07) is 6.70. The summed E-state index contributed by atoms with van der Waals surface area (Å²) in [5.74, 6) is -0.450. The van der Waals surface area contributed by atoms with Crippen LogP contribution in [-0.4, -0.2) is 0 Å². The van der Waals surface area contributed by atoms with Gasteiger partial charge in [0, 0.05) is 28.0 Å². The lowest BCUT2D eigenvalue weighted by Crippen LogP contribution is -2.18. The summed E-state index contributed by atoms with van der Waals surface area (Å²) in [6.07, 6.45) is 0. The van der Waals surface area contributed by atoms with Gasteiger partial charge >= 0.3 is 0 Å². The van der Waals surface area contributed by atoms with Crippen LogP contribution in [0.1, 0.15) is 23.4 Å². The normalized spacial score (nSPS) is 12.7. The van der Waals surface area contributed by atoms with Crippen molar-refractivity contribution in [2.75, 3.05) is 0 Å². The highest BCUT2D eigenvalue weighted by atomic mass is 79.9. The maximum atomic E-state index is 13.5. The third kappa shape index (κ3) is 3.70. The van der Waals surface area contributed by atoms with E-state index in [0.29, 0.717) is 17.1 Å². The zero-order valence-electron chi connectivity index (χ0n) is 10.0. The van der Waals surface area contributed by atoms with Crippen LogP contribution < -0.4 is 5.32 Å². The Kier molecular flexibility index (Phi) is 5.26. The van der Waals surface area contributed by atoms with Crippen LogP contribution in [0.3, 0.4) is 0 Å². The molecule has 6 heteroatoms. The Bertz CT molecular complexity index is 588. The molecule has 1 nitrogen and oxygen atoms in total. The van der Waals surface area contributed by atoms with Gasteiger partial charge in [-0.2, -0.15) is 0 Å². The summed E-state index contributed by atoms with van der Waals surface area (Å²) < 4.78 is 14.5. The van der Waals surface area contributed by atoms with E-state index in [4.69, 9.17) is 23.2 Å². The summed E-state index contributed by atoms with van der Waals surface area (Å²) in [6.45, 7) is 2.59. The number of thiophene rings is 1. The van der Waals surface area contributed by atoms with Crippen LogP contribution in [0.25, 0.3) is 0 Å². The van der Waals surface area contributed by atoms with Gasteiger partial charge in [-0.1, -0.05) is 23.2 Å². The molecule has 0 saturated carbocycles. The molecular formula is C13H11BrCl2FNS. The Morgan fingerprint density at radius 1 is 1.32 bits per heavy atom. The number of hydrogen-bond donors (Lipinski definition) is 1. The van der Waals surface area contributed by atoms with E-state index in [2.05, 4.69) is 21.2 Å². The van der Waals surface area contributed by atoms with Crippen molar-refractivity contribution < 1.29 is 4.39 Å². The summed E-state index contributed by atoms with van der Waals surface area (Å²) >= 11 is 17.1. The van der Waals surface area contributed by atoms with Crippen molar-refractivity contribution in [3.8, 4) is 0 Å². The molecule has 0 spiro atoms. The maximum Gasteiger partial charge on any atom is 0.142 e. The van der Waals surface area contributed by atoms with Gasteiger partial charge < -0.3 is 5.32 Å². The second-order valence-corrected chi connectivity index (χ2v) is 7.40. The van der Waals surface area contributed by atoms with E-state index in [0.717, 1.165) is 3.79 Å². The molecule has 0 fully saturated rings. The lowest BCUT2D eigenvalue weighted by molar-refractivity contribution is 0.569. The monoisotopic (exact) mass is 381 g/mol. The van der Waals surface area contributed by atoms with Crippen molar-refractivity contribution in [2.24, 2.45) is 0 Å². The molecule has 0 bridgehead atoms. The standard InChI is InChI=1S/C13H11BrCl2FNS/c1-7(18-6-8-2-5-11(14)19-8)12-9(15)3-4-10(17)13(12)16/h2-5,7,18H,6H2,1H3. The number of benzene rings is 1. The van der Waals surface area contributed by atoms with E-state index in [1.807, 2.05) is 19.1 Å². The van der Waals surface area contributed by atoms with E-state index in [1.54, 1.807) is 11.3 Å². The summed E-state index contributed by atoms with van der Waals surface area (Å²) in [5, 5.41) is 3.85. The number of hydrogen-bond acceptors (Lipinski definition) is 2. The average molecular weight is 383 g/mol. The molecule has 19 heavy (non-hydrogen) atoms. The largest absolute Gasteiger partial charge is 0.305 e. The smallest absolute Gasteiger partial charge is 0.142 e. The first-order valence-electron chi connectivity index (χ1n) is 5.60. The molecule has 0 aliphatic rings. The quantitative estimate of drug-likeness (QED) is 0.658. The van der Waals surface area contributed by atoms with Gasteiger partial charge in [-0.3, -0.25) is 0 Å². The zero-order valence-corrected chi connectivity index (χ0v) is 13.9. The number of rotatable bonds is 4. The molecule has 1 heterocycles. The van der Waals surface area contributed by atoms with Gasteiger partial charge in [0.1, 0.15) is 5.82 Å². The molecule has 1 N–H and O–H groups in total. The van der Waals surface area contributed by atoms with Crippen molar-refractivity contribution >= 4 is 50.5 Å². The summed E-state index contributed by atoms with van der Waals surface area (Å²) in [4.78, 5) is 1.18. The van der Waals surface area contributed by atoms with Gasteiger partial charge in [-0.15, -0.1) is 11.3 Å². The Hall–Kier alpha value is -0.130. The third-order valence-electron chi connectivity index (χ3n) is 2.72. The highest BCUT2D eigenvalue weighted by molar-refractivity contribution is 9.11. The van der Waals surface area contributed by atoms with Gasteiger partial charge in [-0.25, -0.2) is 4.39 Å². The Balaban J connectivity index is 2.12. The van der Waals surface area contributed by atoms with Crippen molar-refractivity contribution in [1.82, 2.24) is 5.32 Å². The predicted molar refractivity (Wildman–Crippen MR) is 83.7 cm³/mol. The van der Waals surface area contributed by atoms with E-state index < -0.39 is 5.82 Å². The molecule has 1 aromatic heterocycles. The molecule has 1 unspecified atom stereocenters. The Labute approximate surface area is 133 Å². The van der Waals surface area contributed by atoms with E-state index in [9.17, 15) is 4.39 Å². The first-order valence-corrected chi connectivity index (χ1v) is 7.96. The van der Waals surface area contributed by atoms with Crippen molar-refractivity contribution in [2.45, 2.75) is 19.5 Å². The molecule has 2 aromatic rings. The highest BCUT2D eigenvalue weighted by Crippen LogP contribution is 2.32. The topological polar surface area (TPSA) is 12.0 Å². The van der Waals surface area contributed by atoms with E-state index in [1.165, 1.54) is 17.0 Å². The van der Waals surface area contributed by atoms with Crippen molar-refractivity contribution in [3.63, 3.8) is 0 Å². The molecular weight excluding hydrogens is 372 g/mol. The number of halogens is 4. The highest BCUT2D eigenvalue weighted by Gasteiger charge is 2.16. The predicted octanol–water partition coefficient (Wildman–Crippen LogP) is 5.81. The minimum Gasteiger partial charge on any atom is -0.305 e. The lowest BCUT2D eigenvalue weighted by Gasteiger charge is -2.17. The van der Waals surface area contributed by atoms with Gasteiger partial charge in [0.15, 0.2) is 0 Å². The first-order chi connectivity index (χ1) is 8.99. The molecule has 0 radical (unpaired) electrons. The van der Waals surface area contributed by atoms with Gasteiger partial charge in [0.05, 0.1) is 8.81 Å². The zero-order chi connectivity index (χ0) is 14.0. The molecule has 0 aliphatic heterocycles. The molecule has 2 rings (SSSR count). The van der Waals surface area contributed by atoms with Crippen LogP contribution in [0.15, 0.2) is 28.1 Å². The van der Waals surface area contributed by atoms with Gasteiger partial charge in [0.25, 0.3) is 0 Å². The van der Waals surface area contributed by atoms with E-state index >= 15 is 0 Å². The molecule has 0 saturated heterocycles. The molecule has 0 aliphatic carbocycles. The third-order valence-corrected chi connectivity index (χ3v) is 5.06. The SMILES string of the molecule is CC(NCc1ccc(Br)s1)c1c(Cl)ccc(F)c1Cl. The van der Waals surface area contributed by atoms with Crippen LogP contribution in [0.2, 0.25) is 10.0 Å². The van der Waals surface area contributed by atoms with Crippen molar-refractivity contribution in [3.05, 3.63) is 54.4 Å². The van der Waals surface area contributed by atoms with Crippen molar-refractivity contribution in [1.29, 1.82) is 0 Å². The molecule has 102 valence electrons.